The first kappa shape index (κ1) is 14.7. The average molecular weight is 286 g/mol. The standard InChI is InChI=1S/C16H18N2O3/c1-20-14-6-7-15(21-2)12(9-14)10-18-13-5-3-4-11(8-13)16(17)19/h3-9,18H,10H2,1-2H3,(H2,17,19). The summed E-state index contributed by atoms with van der Waals surface area (Å²) < 4.78 is 10.5. The molecule has 5 nitrogen and oxygen atoms in total. The smallest absolute Gasteiger partial charge is 0.248 e. The van der Waals surface area contributed by atoms with Crippen LogP contribution in [0.25, 0.3) is 0 Å². The molecule has 0 atom stereocenters. The third-order valence-electron chi connectivity index (χ3n) is 3.12. The molecule has 21 heavy (non-hydrogen) atoms. The molecule has 0 spiro atoms. The van der Waals surface area contributed by atoms with Crippen molar-refractivity contribution in [3.63, 3.8) is 0 Å². The van der Waals surface area contributed by atoms with Crippen LogP contribution in [-0.4, -0.2) is 20.1 Å². The fraction of sp³-hybridized carbons (Fsp3) is 0.188. The van der Waals surface area contributed by atoms with Crippen LogP contribution in [0.1, 0.15) is 15.9 Å². The SMILES string of the molecule is COc1ccc(OC)c(CNc2cccc(C(N)=O)c2)c1. The van der Waals surface area contributed by atoms with Gasteiger partial charge < -0.3 is 20.5 Å². The maximum absolute atomic E-state index is 11.2. The van der Waals surface area contributed by atoms with Gasteiger partial charge in [-0.3, -0.25) is 4.79 Å². The molecule has 0 saturated carbocycles. The number of benzene rings is 2. The number of amides is 1. The van der Waals surface area contributed by atoms with Crippen molar-refractivity contribution in [2.24, 2.45) is 5.73 Å². The molecule has 2 aromatic carbocycles. The fourth-order valence-corrected chi connectivity index (χ4v) is 2.00. The molecule has 5 heteroatoms. The molecule has 1 amide bonds. The number of carbonyl (C=O) groups excluding carboxylic acids is 1. The van der Waals surface area contributed by atoms with Gasteiger partial charge in [-0.15, -0.1) is 0 Å². The number of primary amides is 1. The lowest BCUT2D eigenvalue weighted by molar-refractivity contribution is 0.100. The highest BCUT2D eigenvalue weighted by molar-refractivity contribution is 5.93. The summed E-state index contributed by atoms with van der Waals surface area (Å²) in [7, 11) is 3.24. The Hall–Kier alpha value is -2.69. The number of methoxy groups -OCH3 is 2. The molecule has 2 aromatic rings. The van der Waals surface area contributed by atoms with E-state index in [0.717, 1.165) is 22.7 Å². The van der Waals surface area contributed by atoms with Crippen LogP contribution in [0.4, 0.5) is 5.69 Å². The second-order valence-electron chi connectivity index (χ2n) is 4.48. The normalized spacial score (nSPS) is 10.0. The molecule has 0 aliphatic heterocycles. The molecular formula is C16H18N2O3. The number of nitrogens with one attached hydrogen (secondary N) is 1. The summed E-state index contributed by atoms with van der Waals surface area (Å²) in [6, 6.07) is 12.7. The van der Waals surface area contributed by atoms with Gasteiger partial charge >= 0.3 is 0 Å². The van der Waals surface area contributed by atoms with E-state index in [-0.39, 0.29) is 0 Å². The van der Waals surface area contributed by atoms with Gasteiger partial charge in [-0.1, -0.05) is 6.07 Å². The first-order valence-electron chi connectivity index (χ1n) is 6.48. The second-order valence-corrected chi connectivity index (χ2v) is 4.48. The molecule has 0 unspecified atom stereocenters. The Morgan fingerprint density at radius 2 is 1.95 bits per heavy atom. The Balaban J connectivity index is 2.15. The van der Waals surface area contributed by atoms with Gasteiger partial charge in [0.05, 0.1) is 14.2 Å². The van der Waals surface area contributed by atoms with Crippen LogP contribution < -0.4 is 20.5 Å². The lowest BCUT2D eigenvalue weighted by Gasteiger charge is -2.12. The minimum absolute atomic E-state index is 0.447. The summed E-state index contributed by atoms with van der Waals surface area (Å²) in [4.78, 5) is 11.2. The molecule has 3 N–H and O–H groups in total. The van der Waals surface area contributed by atoms with Gasteiger partial charge in [0.2, 0.25) is 5.91 Å². The Morgan fingerprint density at radius 1 is 1.14 bits per heavy atom. The number of ether oxygens (including phenoxy) is 2. The highest BCUT2D eigenvalue weighted by atomic mass is 16.5. The van der Waals surface area contributed by atoms with E-state index in [4.69, 9.17) is 15.2 Å². The van der Waals surface area contributed by atoms with Crippen LogP contribution in [0, 0.1) is 0 Å². The highest BCUT2D eigenvalue weighted by Gasteiger charge is 2.06. The topological polar surface area (TPSA) is 73.6 Å². The Kier molecular flexibility index (Phi) is 4.66. The van der Waals surface area contributed by atoms with Crippen molar-refractivity contribution in [2.45, 2.75) is 6.54 Å². The van der Waals surface area contributed by atoms with Crippen molar-refractivity contribution in [1.82, 2.24) is 0 Å². The van der Waals surface area contributed by atoms with Crippen molar-refractivity contribution >= 4 is 11.6 Å². The number of nitrogens with two attached hydrogens (primary N) is 1. The van der Waals surface area contributed by atoms with Gasteiger partial charge in [0.15, 0.2) is 0 Å². The average Bonchev–Trinajstić information content (AvgIpc) is 2.52. The molecule has 110 valence electrons. The molecule has 0 aliphatic rings. The largest absolute Gasteiger partial charge is 0.497 e. The van der Waals surface area contributed by atoms with Crippen LogP contribution >= 0.6 is 0 Å². The summed E-state index contributed by atoms with van der Waals surface area (Å²) in [5.74, 6) is 1.09. The number of hydrogen-bond acceptors (Lipinski definition) is 4. The molecule has 2 rings (SSSR count). The zero-order valence-corrected chi connectivity index (χ0v) is 12.1. The molecule has 0 bridgehead atoms. The predicted octanol–water partition coefficient (Wildman–Crippen LogP) is 2.41. The van der Waals surface area contributed by atoms with E-state index in [0.29, 0.717) is 12.1 Å². The van der Waals surface area contributed by atoms with Crippen molar-refractivity contribution in [1.29, 1.82) is 0 Å². The molecular weight excluding hydrogens is 268 g/mol. The van der Waals surface area contributed by atoms with E-state index in [2.05, 4.69) is 5.32 Å². The van der Waals surface area contributed by atoms with Crippen LogP contribution in [0.15, 0.2) is 42.5 Å². The third-order valence-corrected chi connectivity index (χ3v) is 3.12. The summed E-state index contributed by atoms with van der Waals surface area (Å²) in [6.45, 7) is 0.544. The van der Waals surface area contributed by atoms with Crippen LogP contribution in [0.2, 0.25) is 0 Å². The van der Waals surface area contributed by atoms with Gasteiger partial charge in [-0.25, -0.2) is 0 Å². The summed E-state index contributed by atoms with van der Waals surface area (Å²) in [5.41, 5.74) is 7.52. The van der Waals surface area contributed by atoms with E-state index in [9.17, 15) is 4.79 Å². The zero-order valence-electron chi connectivity index (χ0n) is 12.1. The Labute approximate surface area is 123 Å². The molecule has 0 radical (unpaired) electrons. The summed E-state index contributed by atoms with van der Waals surface area (Å²) in [5, 5.41) is 3.24. The Morgan fingerprint density at radius 3 is 2.62 bits per heavy atom. The van der Waals surface area contributed by atoms with E-state index in [1.165, 1.54) is 0 Å². The monoisotopic (exact) mass is 286 g/mol. The van der Waals surface area contributed by atoms with Crippen molar-refractivity contribution in [3.05, 3.63) is 53.6 Å². The number of carbonyl (C=O) groups is 1. The molecule has 0 fully saturated rings. The van der Waals surface area contributed by atoms with Gasteiger partial charge in [-0.2, -0.15) is 0 Å². The van der Waals surface area contributed by atoms with Crippen LogP contribution in [0.5, 0.6) is 11.5 Å². The number of rotatable bonds is 6. The van der Waals surface area contributed by atoms with E-state index in [1.54, 1.807) is 32.4 Å². The van der Waals surface area contributed by atoms with Gasteiger partial charge in [0.1, 0.15) is 11.5 Å². The van der Waals surface area contributed by atoms with Gasteiger partial charge in [0, 0.05) is 23.4 Å². The van der Waals surface area contributed by atoms with E-state index in [1.807, 2.05) is 24.3 Å². The summed E-state index contributed by atoms with van der Waals surface area (Å²) >= 11 is 0. The van der Waals surface area contributed by atoms with Crippen molar-refractivity contribution in [2.75, 3.05) is 19.5 Å². The van der Waals surface area contributed by atoms with Crippen LogP contribution in [0.3, 0.4) is 0 Å². The number of hydrogen-bond donors (Lipinski definition) is 2. The predicted molar refractivity (Wildman–Crippen MR) is 81.8 cm³/mol. The molecule has 0 heterocycles. The Bertz CT molecular complexity index is 641. The van der Waals surface area contributed by atoms with Crippen molar-refractivity contribution < 1.29 is 14.3 Å². The molecule has 0 aromatic heterocycles. The molecule has 0 saturated heterocycles. The fourth-order valence-electron chi connectivity index (χ4n) is 2.00. The van der Waals surface area contributed by atoms with E-state index < -0.39 is 5.91 Å². The zero-order chi connectivity index (χ0) is 15.2. The van der Waals surface area contributed by atoms with Gasteiger partial charge in [0.25, 0.3) is 0 Å². The minimum atomic E-state index is -0.447. The van der Waals surface area contributed by atoms with Gasteiger partial charge in [-0.05, 0) is 36.4 Å². The molecule has 0 aliphatic carbocycles. The first-order chi connectivity index (χ1) is 10.1. The maximum atomic E-state index is 11.2. The lowest BCUT2D eigenvalue weighted by Crippen LogP contribution is -2.11. The quantitative estimate of drug-likeness (QED) is 0.855. The minimum Gasteiger partial charge on any atom is -0.497 e. The highest BCUT2D eigenvalue weighted by Crippen LogP contribution is 2.25. The summed E-state index contributed by atoms with van der Waals surface area (Å²) in [6.07, 6.45) is 0. The van der Waals surface area contributed by atoms with Crippen LogP contribution in [-0.2, 0) is 6.54 Å². The lowest BCUT2D eigenvalue weighted by atomic mass is 10.1. The number of anilines is 1. The first-order valence-corrected chi connectivity index (χ1v) is 6.48. The van der Waals surface area contributed by atoms with E-state index >= 15 is 0 Å². The van der Waals surface area contributed by atoms with Crippen molar-refractivity contribution in [3.8, 4) is 11.5 Å². The maximum Gasteiger partial charge on any atom is 0.248 e. The second kappa shape index (κ2) is 6.65. The third kappa shape index (κ3) is 3.66.